The van der Waals surface area contributed by atoms with Gasteiger partial charge in [0.1, 0.15) is 5.82 Å². The number of nitrogens with zero attached hydrogens (tertiary/aromatic N) is 3. The highest BCUT2D eigenvalue weighted by Crippen LogP contribution is 2.24. The average molecular weight is 341 g/mol. The summed E-state index contributed by atoms with van der Waals surface area (Å²) in [5, 5.41) is 9.16. The van der Waals surface area contributed by atoms with Crippen molar-refractivity contribution in [3.63, 3.8) is 0 Å². The molecule has 0 amide bonds. The molecule has 0 unspecified atom stereocenters. The second-order valence-corrected chi connectivity index (χ2v) is 6.08. The van der Waals surface area contributed by atoms with Gasteiger partial charge in [0.05, 0.1) is 5.75 Å². The maximum atomic E-state index is 12.9. The van der Waals surface area contributed by atoms with Crippen LogP contribution in [0.2, 0.25) is 0 Å². The first-order valence-electron chi connectivity index (χ1n) is 7.59. The molecule has 0 bridgehead atoms. The van der Waals surface area contributed by atoms with E-state index in [1.165, 1.54) is 36.0 Å². The van der Waals surface area contributed by atoms with Crippen LogP contribution in [0.25, 0.3) is 11.4 Å². The first kappa shape index (κ1) is 16.4. The zero-order chi connectivity index (χ0) is 16.9. The SMILES string of the molecule is CCn1c(SCC(=O)c2ccc(F)cc2)nnc1-c1ccccc1. The first-order valence-corrected chi connectivity index (χ1v) is 8.57. The third-order valence-corrected chi connectivity index (χ3v) is 4.53. The lowest BCUT2D eigenvalue weighted by atomic mass is 10.1. The van der Waals surface area contributed by atoms with Crippen LogP contribution >= 0.6 is 11.8 Å². The van der Waals surface area contributed by atoms with Gasteiger partial charge in [0.15, 0.2) is 16.8 Å². The predicted octanol–water partition coefficient (Wildman–Crippen LogP) is 4.08. The van der Waals surface area contributed by atoms with Crippen molar-refractivity contribution in [1.82, 2.24) is 14.8 Å². The van der Waals surface area contributed by atoms with Crippen molar-refractivity contribution in [3.8, 4) is 11.4 Å². The molecule has 4 nitrogen and oxygen atoms in total. The lowest BCUT2D eigenvalue weighted by Gasteiger charge is -2.07. The Morgan fingerprint density at radius 2 is 1.79 bits per heavy atom. The number of aromatic nitrogens is 3. The molecule has 0 atom stereocenters. The normalized spacial score (nSPS) is 10.8. The highest BCUT2D eigenvalue weighted by atomic mass is 32.2. The Balaban J connectivity index is 1.75. The Morgan fingerprint density at radius 3 is 2.46 bits per heavy atom. The fourth-order valence-electron chi connectivity index (χ4n) is 2.33. The molecule has 0 radical (unpaired) electrons. The van der Waals surface area contributed by atoms with Crippen LogP contribution in [-0.4, -0.2) is 26.3 Å². The Morgan fingerprint density at radius 1 is 1.08 bits per heavy atom. The molecule has 1 heterocycles. The number of carbonyl (C=O) groups is 1. The molecular weight excluding hydrogens is 325 g/mol. The van der Waals surface area contributed by atoms with Gasteiger partial charge in [-0.2, -0.15) is 0 Å². The van der Waals surface area contributed by atoms with Crippen LogP contribution in [0.4, 0.5) is 4.39 Å². The number of hydrogen-bond acceptors (Lipinski definition) is 4. The molecule has 0 saturated heterocycles. The maximum Gasteiger partial charge on any atom is 0.191 e. The zero-order valence-electron chi connectivity index (χ0n) is 13.1. The summed E-state index contributed by atoms with van der Waals surface area (Å²) in [4.78, 5) is 12.2. The van der Waals surface area contributed by atoms with Crippen LogP contribution in [0, 0.1) is 5.82 Å². The number of hydrogen-bond donors (Lipinski definition) is 0. The second-order valence-electron chi connectivity index (χ2n) is 5.14. The summed E-state index contributed by atoms with van der Waals surface area (Å²) in [6, 6.07) is 15.4. The molecule has 3 rings (SSSR count). The molecule has 1 aromatic heterocycles. The van der Waals surface area contributed by atoms with E-state index in [1.807, 2.05) is 41.8 Å². The van der Waals surface area contributed by atoms with Crippen molar-refractivity contribution in [2.24, 2.45) is 0 Å². The molecule has 0 aliphatic carbocycles. The molecule has 24 heavy (non-hydrogen) atoms. The van der Waals surface area contributed by atoms with Gasteiger partial charge in [0.2, 0.25) is 0 Å². The standard InChI is InChI=1S/C18H16FN3OS/c1-2-22-17(14-6-4-3-5-7-14)20-21-18(22)24-12-16(23)13-8-10-15(19)11-9-13/h3-11H,2,12H2,1H3. The molecule has 2 aromatic carbocycles. The highest BCUT2D eigenvalue weighted by Gasteiger charge is 2.15. The molecule has 0 spiro atoms. The molecule has 3 aromatic rings. The van der Waals surface area contributed by atoms with Crippen molar-refractivity contribution in [2.45, 2.75) is 18.6 Å². The third kappa shape index (κ3) is 3.54. The zero-order valence-corrected chi connectivity index (χ0v) is 14.0. The van der Waals surface area contributed by atoms with E-state index >= 15 is 0 Å². The fourth-order valence-corrected chi connectivity index (χ4v) is 3.23. The van der Waals surface area contributed by atoms with Gasteiger partial charge in [-0.3, -0.25) is 4.79 Å². The van der Waals surface area contributed by atoms with Crippen LogP contribution in [-0.2, 0) is 6.54 Å². The molecule has 6 heteroatoms. The molecule has 0 saturated carbocycles. The first-order chi connectivity index (χ1) is 11.7. The van der Waals surface area contributed by atoms with Crippen LogP contribution < -0.4 is 0 Å². The molecule has 0 aliphatic heterocycles. The fraction of sp³-hybridized carbons (Fsp3) is 0.167. The van der Waals surface area contributed by atoms with E-state index in [-0.39, 0.29) is 17.4 Å². The van der Waals surface area contributed by atoms with Crippen LogP contribution in [0.1, 0.15) is 17.3 Å². The summed E-state index contributed by atoms with van der Waals surface area (Å²) in [6.07, 6.45) is 0. The predicted molar refractivity (Wildman–Crippen MR) is 92.6 cm³/mol. The third-order valence-electron chi connectivity index (χ3n) is 3.56. The van der Waals surface area contributed by atoms with Crippen molar-refractivity contribution < 1.29 is 9.18 Å². The summed E-state index contributed by atoms with van der Waals surface area (Å²) in [5.41, 5.74) is 1.48. The highest BCUT2D eigenvalue weighted by molar-refractivity contribution is 7.99. The maximum absolute atomic E-state index is 12.9. The van der Waals surface area contributed by atoms with Crippen molar-refractivity contribution in [3.05, 3.63) is 66.0 Å². The van der Waals surface area contributed by atoms with Crippen LogP contribution in [0.3, 0.4) is 0 Å². The lowest BCUT2D eigenvalue weighted by molar-refractivity contribution is 0.102. The molecule has 0 fully saturated rings. The van der Waals surface area contributed by atoms with Crippen molar-refractivity contribution in [2.75, 3.05) is 5.75 Å². The van der Waals surface area contributed by atoms with Crippen LogP contribution in [0.5, 0.6) is 0 Å². The number of benzene rings is 2. The minimum absolute atomic E-state index is 0.0630. The molecule has 122 valence electrons. The van der Waals surface area contributed by atoms with E-state index in [2.05, 4.69) is 10.2 Å². The topological polar surface area (TPSA) is 47.8 Å². The van der Waals surface area contributed by atoms with E-state index in [9.17, 15) is 9.18 Å². The summed E-state index contributed by atoms with van der Waals surface area (Å²) in [7, 11) is 0. The van der Waals surface area contributed by atoms with Gasteiger partial charge in [0, 0.05) is 17.7 Å². The van der Waals surface area contributed by atoms with Gasteiger partial charge in [-0.15, -0.1) is 10.2 Å². The van der Waals surface area contributed by atoms with Gasteiger partial charge in [-0.05, 0) is 31.2 Å². The number of ketones is 1. The number of Topliss-reactive ketones (excluding diaryl/α,β-unsaturated/α-hetero) is 1. The minimum atomic E-state index is -0.350. The Hall–Kier alpha value is -2.47. The van der Waals surface area contributed by atoms with Crippen molar-refractivity contribution >= 4 is 17.5 Å². The van der Waals surface area contributed by atoms with E-state index in [0.717, 1.165) is 11.4 Å². The number of rotatable bonds is 6. The number of carbonyl (C=O) groups excluding carboxylic acids is 1. The summed E-state index contributed by atoms with van der Waals surface area (Å²) in [6.45, 7) is 2.73. The average Bonchev–Trinajstić information content (AvgIpc) is 3.04. The van der Waals surface area contributed by atoms with Gasteiger partial charge in [-0.25, -0.2) is 4.39 Å². The second kappa shape index (κ2) is 7.40. The monoisotopic (exact) mass is 341 g/mol. The quantitative estimate of drug-likeness (QED) is 0.501. The number of thioether (sulfide) groups is 1. The summed E-state index contributed by atoms with van der Waals surface area (Å²) in [5.74, 6) is 0.609. The minimum Gasteiger partial charge on any atom is -0.302 e. The van der Waals surface area contributed by atoms with Crippen molar-refractivity contribution in [1.29, 1.82) is 0 Å². The van der Waals surface area contributed by atoms with Gasteiger partial charge >= 0.3 is 0 Å². The van der Waals surface area contributed by atoms with Crippen LogP contribution in [0.15, 0.2) is 59.8 Å². The van der Waals surface area contributed by atoms with Gasteiger partial charge in [0.25, 0.3) is 0 Å². The van der Waals surface area contributed by atoms with E-state index in [4.69, 9.17) is 0 Å². The summed E-state index contributed by atoms with van der Waals surface area (Å²) >= 11 is 1.34. The largest absolute Gasteiger partial charge is 0.302 e. The van der Waals surface area contributed by atoms with E-state index in [1.54, 1.807) is 0 Å². The molecule has 0 N–H and O–H groups in total. The Kier molecular flexibility index (Phi) is 5.05. The smallest absolute Gasteiger partial charge is 0.191 e. The van der Waals surface area contributed by atoms with E-state index < -0.39 is 0 Å². The Labute approximate surface area is 143 Å². The van der Waals surface area contributed by atoms with E-state index in [0.29, 0.717) is 17.3 Å². The van der Waals surface area contributed by atoms with Gasteiger partial charge in [-0.1, -0.05) is 42.1 Å². The Bertz CT molecular complexity index is 831. The molecule has 0 aliphatic rings. The lowest BCUT2D eigenvalue weighted by Crippen LogP contribution is -2.05. The number of halogens is 1. The molecular formula is C18H16FN3OS. The van der Waals surface area contributed by atoms with Gasteiger partial charge < -0.3 is 4.57 Å². The summed E-state index contributed by atoms with van der Waals surface area (Å²) < 4.78 is 14.9.